The first-order valence-electron chi connectivity index (χ1n) is 10.0. The fourth-order valence-corrected chi connectivity index (χ4v) is 5.20. The van der Waals surface area contributed by atoms with Gasteiger partial charge < -0.3 is 9.80 Å². The number of para-hydroxylation sites is 1. The Morgan fingerprint density at radius 3 is 2.66 bits per heavy atom. The predicted molar refractivity (Wildman–Crippen MR) is 112 cm³/mol. The summed E-state index contributed by atoms with van der Waals surface area (Å²) in [4.78, 5) is 34.3. The summed E-state index contributed by atoms with van der Waals surface area (Å²) in [7, 11) is 0. The van der Waals surface area contributed by atoms with E-state index in [2.05, 4.69) is 4.98 Å². The van der Waals surface area contributed by atoms with E-state index in [0.29, 0.717) is 55.7 Å². The highest BCUT2D eigenvalue weighted by Gasteiger charge is 2.32. The number of hydrogen-bond acceptors (Lipinski definition) is 5. The molecule has 3 heterocycles. The standard InChI is InChI=1S/C21H25FN4O2S/c1-3-16-14(2)23-21-26(20(16)28)12-15(13-29-21)19(27)25-10-8-24(9-11-25)18-7-5-4-6-17(18)22/h4-7,15H,3,8-13H2,1-2H3. The molecule has 0 spiro atoms. The Labute approximate surface area is 173 Å². The van der Waals surface area contributed by atoms with Crippen LogP contribution in [0, 0.1) is 18.7 Å². The van der Waals surface area contributed by atoms with Crippen molar-refractivity contribution < 1.29 is 9.18 Å². The molecule has 1 atom stereocenters. The van der Waals surface area contributed by atoms with Crippen molar-refractivity contribution in [3.63, 3.8) is 0 Å². The summed E-state index contributed by atoms with van der Waals surface area (Å²) in [5.41, 5.74) is 2.07. The highest BCUT2D eigenvalue weighted by Crippen LogP contribution is 2.28. The SMILES string of the molecule is CCc1c(C)nc2n(c1=O)CC(C(=O)N1CCN(c3ccccc3F)CC1)CS2. The lowest BCUT2D eigenvalue weighted by atomic mass is 10.1. The zero-order chi connectivity index (χ0) is 20.5. The number of amides is 1. The molecule has 154 valence electrons. The van der Waals surface area contributed by atoms with Crippen LogP contribution in [0.2, 0.25) is 0 Å². The van der Waals surface area contributed by atoms with Gasteiger partial charge in [0.2, 0.25) is 5.91 Å². The molecule has 1 unspecified atom stereocenters. The number of carbonyl (C=O) groups is 1. The maximum atomic E-state index is 14.0. The number of rotatable bonds is 3. The first-order valence-corrected chi connectivity index (χ1v) is 11.0. The van der Waals surface area contributed by atoms with Gasteiger partial charge in [-0.3, -0.25) is 14.2 Å². The number of thioether (sulfide) groups is 1. The zero-order valence-corrected chi connectivity index (χ0v) is 17.5. The van der Waals surface area contributed by atoms with Gasteiger partial charge in [-0.2, -0.15) is 0 Å². The molecule has 1 aromatic heterocycles. The maximum Gasteiger partial charge on any atom is 0.257 e. The molecule has 0 radical (unpaired) electrons. The number of anilines is 1. The summed E-state index contributed by atoms with van der Waals surface area (Å²) in [5, 5.41) is 0.707. The quantitative estimate of drug-likeness (QED) is 0.719. The van der Waals surface area contributed by atoms with Gasteiger partial charge >= 0.3 is 0 Å². The third-order valence-electron chi connectivity index (χ3n) is 5.74. The number of hydrogen-bond donors (Lipinski definition) is 0. The topological polar surface area (TPSA) is 58.4 Å². The van der Waals surface area contributed by atoms with Crippen LogP contribution in [0.1, 0.15) is 18.2 Å². The van der Waals surface area contributed by atoms with E-state index >= 15 is 0 Å². The van der Waals surface area contributed by atoms with Gasteiger partial charge in [-0.1, -0.05) is 30.8 Å². The number of piperazine rings is 1. The molecule has 8 heteroatoms. The summed E-state index contributed by atoms with van der Waals surface area (Å²) in [6.45, 7) is 6.52. The molecule has 1 saturated heterocycles. The Kier molecular flexibility index (Phi) is 5.63. The number of benzene rings is 1. The van der Waals surface area contributed by atoms with Crippen LogP contribution in [-0.2, 0) is 17.8 Å². The van der Waals surface area contributed by atoms with E-state index < -0.39 is 0 Å². The lowest BCUT2D eigenvalue weighted by Gasteiger charge is -2.38. The molecule has 4 rings (SSSR count). The van der Waals surface area contributed by atoms with Gasteiger partial charge in [-0.15, -0.1) is 0 Å². The second-order valence-electron chi connectivity index (χ2n) is 7.50. The van der Waals surface area contributed by atoms with E-state index in [1.54, 1.807) is 16.7 Å². The highest BCUT2D eigenvalue weighted by molar-refractivity contribution is 7.99. The Balaban J connectivity index is 1.44. The van der Waals surface area contributed by atoms with Crippen molar-refractivity contribution in [1.82, 2.24) is 14.5 Å². The van der Waals surface area contributed by atoms with Gasteiger partial charge in [0.05, 0.1) is 11.6 Å². The third-order valence-corrected chi connectivity index (χ3v) is 6.88. The van der Waals surface area contributed by atoms with E-state index in [9.17, 15) is 14.0 Å². The normalized spacial score (nSPS) is 19.2. The monoisotopic (exact) mass is 416 g/mol. The summed E-state index contributed by atoms with van der Waals surface area (Å²) < 4.78 is 15.7. The number of carbonyl (C=O) groups excluding carboxylic acids is 1. The van der Waals surface area contributed by atoms with E-state index in [0.717, 1.165) is 11.3 Å². The smallest absolute Gasteiger partial charge is 0.257 e. The molecule has 0 saturated carbocycles. The number of aromatic nitrogens is 2. The highest BCUT2D eigenvalue weighted by atomic mass is 32.2. The molecule has 1 aromatic carbocycles. The second-order valence-corrected chi connectivity index (χ2v) is 8.49. The number of fused-ring (bicyclic) bond motifs is 1. The fourth-order valence-electron chi connectivity index (χ4n) is 4.09. The third kappa shape index (κ3) is 3.77. The van der Waals surface area contributed by atoms with Gasteiger partial charge in [0, 0.05) is 49.7 Å². The predicted octanol–water partition coefficient (Wildman–Crippen LogP) is 2.32. The lowest BCUT2D eigenvalue weighted by Crippen LogP contribution is -2.52. The molecule has 1 amide bonds. The number of nitrogens with zero attached hydrogens (tertiary/aromatic N) is 4. The van der Waals surface area contributed by atoms with Crippen molar-refractivity contribution in [2.75, 3.05) is 36.8 Å². The van der Waals surface area contributed by atoms with E-state index in [-0.39, 0.29) is 23.2 Å². The summed E-state index contributed by atoms with van der Waals surface area (Å²) in [6, 6.07) is 6.74. The van der Waals surface area contributed by atoms with Crippen molar-refractivity contribution >= 4 is 23.4 Å². The lowest BCUT2D eigenvalue weighted by molar-refractivity contribution is -0.135. The fraction of sp³-hybridized carbons (Fsp3) is 0.476. The molecular formula is C21H25FN4O2S. The summed E-state index contributed by atoms with van der Waals surface area (Å²) >= 11 is 1.48. The van der Waals surface area contributed by atoms with Gasteiger partial charge in [0.25, 0.3) is 5.56 Å². The van der Waals surface area contributed by atoms with Crippen molar-refractivity contribution in [1.29, 1.82) is 0 Å². The Morgan fingerprint density at radius 1 is 1.24 bits per heavy atom. The average Bonchev–Trinajstić information content (AvgIpc) is 2.74. The Bertz CT molecular complexity index is 985. The minimum absolute atomic E-state index is 0.0237. The van der Waals surface area contributed by atoms with E-state index in [1.165, 1.54) is 17.8 Å². The van der Waals surface area contributed by atoms with E-state index in [4.69, 9.17) is 0 Å². The second kappa shape index (κ2) is 8.18. The maximum absolute atomic E-state index is 14.0. The van der Waals surface area contributed by atoms with Crippen LogP contribution in [0.25, 0.3) is 0 Å². The van der Waals surface area contributed by atoms with Crippen LogP contribution in [0.4, 0.5) is 10.1 Å². The van der Waals surface area contributed by atoms with Gasteiger partial charge in [-0.05, 0) is 25.5 Å². The van der Waals surface area contributed by atoms with Crippen LogP contribution in [0.3, 0.4) is 0 Å². The van der Waals surface area contributed by atoms with E-state index in [1.807, 2.05) is 29.7 Å². The first-order chi connectivity index (χ1) is 14.0. The van der Waals surface area contributed by atoms with Crippen molar-refractivity contribution in [2.45, 2.75) is 32.0 Å². The number of aryl methyl sites for hydroxylation is 1. The molecule has 6 nitrogen and oxygen atoms in total. The Hall–Kier alpha value is -2.35. The van der Waals surface area contributed by atoms with Gasteiger partial charge in [0.1, 0.15) is 5.82 Å². The molecule has 2 aliphatic rings. The molecule has 29 heavy (non-hydrogen) atoms. The molecule has 2 aliphatic heterocycles. The number of halogens is 1. The molecule has 1 fully saturated rings. The average molecular weight is 417 g/mol. The van der Waals surface area contributed by atoms with Gasteiger partial charge in [0.15, 0.2) is 5.16 Å². The first kappa shape index (κ1) is 19.9. The zero-order valence-electron chi connectivity index (χ0n) is 16.7. The summed E-state index contributed by atoms with van der Waals surface area (Å²) in [6.07, 6.45) is 0.638. The van der Waals surface area contributed by atoms with Crippen molar-refractivity contribution in [2.24, 2.45) is 5.92 Å². The van der Waals surface area contributed by atoms with Crippen LogP contribution in [0.5, 0.6) is 0 Å². The molecule has 0 aliphatic carbocycles. The minimum Gasteiger partial charge on any atom is -0.366 e. The van der Waals surface area contributed by atoms with Gasteiger partial charge in [-0.25, -0.2) is 9.37 Å². The molecule has 2 aromatic rings. The van der Waals surface area contributed by atoms with Crippen LogP contribution in [-0.4, -0.2) is 52.3 Å². The molecule has 0 N–H and O–H groups in total. The Morgan fingerprint density at radius 2 is 1.97 bits per heavy atom. The van der Waals surface area contributed by atoms with Crippen molar-refractivity contribution in [3.8, 4) is 0 Å². The summed E-state index contributed by atoms with van der Waals surface area (Å²) in [5.74, 6) is 0.228. The van der Waals surface area contributed by atoms with Crippen molar-refractivity contribution in [3.05, 3.63) is 51.7 Å². The van der Waals surface area contributed by atoms with Crippen LogP contribution in [0.15, 0.2) is 34.2 Å². The van der Waals surface area contributed by atoms with Crippen LogP contribution < -0.4 is 10.5 Å². The van der Waals surface area contributed by atoms with Crippen LogP contribution >= 0.6 is 11.8 Å². The molecular weight excluding hydrogens is 391 g/mol. The molecule has 0 bridgehead atoms. The minimum atomic E-state index is -0.237. The largest absolute Gasteiger partial charge is 0.366 e.